The Morgan fingerprint density at radius 3 is 2.46 bits per heavy atom. The number of hydrogen-bond donors (Lipinski definition) is 1. The van der Waals surface area contributed by atoms with Gasteiger partial charge in [0.15, 0.2) is 5.96 Å². The maximum Gasteiger partial charge on any atom is 0.191 e. The Balaban J connectivity index is 1.40. The lowest BCUT2D eigenvalue weighted by molar-refractivity contribution is 0.180. The zero-order valence-electron chi connectivity index (χ0n) is 14.8. The first-order chi connectivity index (χ1) is 11.7. The number of nitrogens with zero attached hydrogens (tertiary/aromatic N) is 3. The zero-order valence-corrected chi connectivity index (χ0v) is 15.6. The van der Waals surface area contributed by atoms with Gasteiger partial charge in [0.25, 0.3) is 0 Å². The molecule has 0 bridgehead atoms. The molecule has 0 aliphatic carbocycles. The van der Waals surface area contributed by atoms with Crippen LogP contribution < -0.4 is 5.73 Å². The third kappa shape index (κ3) is 5.15. The first-order valence-electron chi connectivity index (χ1n) is 9.11. The maximum absolute atomic E-state index is 6.16. The molecule has 2 heterocycles. The Morgan fingerprint density at radius 2 is 1.79 bits per heavy atom. The molecule has 0 atom stereocenters. The van der Waals surface area contributed by atoms with Crippen molar-refractivity contribution < 1.29 is 0 Å². The number of rotatable bonds is 4. The lowest BCUT2D eigenvalue weighted by Gasteiger charge is -2.32. The molecule has 2 N–H and O–H groups in total. The summed E-state index contributed by atoms with van der Waals surface area (Å²) in [6.45, 7) is 8.56. The highest BCUT2D eigenvalue weighted by Gasteiger charge is 2.19. The summed E-state index contributed by atoms with van der Waals surface area (Å²) in [5, 5.41) is 0. The normalized spacial score (nSPS) is 21.2. The van der Waals surface area contributed by atoms with Crippen LogP contribution in [0.5, 0.6) is 0 Å². The van der Waals surface area contributed by atoms with E-state index < -0.39 is 0 Å². The van der Waals surface area contributed by atoms with Crippen molar-refractivity contribution >= 4 is 17.7 Å². The largest absolute Gasteiger partial charge is 0.370 e. The minimum Gasteiger partial charge on any atom is -0.370 e. The summed E-state index contributed by atoms with van der Waals surface area (Å²) in [5.41, 5.74) is 8.92. The van der Waals surface area contributed by atoms with Crippen molar-refractivity contribution in [1.29, 1.82) is 0 Å². The second-order valence-corrected chi connectivity index (χ2v) is 8.23. The van der Waals surface area contributed by atoms with Crippen LogP contribution in [0.25, 0.3) is 0 Å². The monoisotopic (exact) mass is 346 g/mol. The van der Waals surface area contributed by atoms with Crippen molar-refractivity contribution in [2.75, 3.05) is 44.2 Å². The van der Waals surface area contributed by atoms with Gasteiger partial charge in [-0.05, 0) is 44.3 Å². The number of nitrogens with two attached hydrogens (primary N) is 1. The van der Waals surface area contributed by atoms with E-state index >= 15 is 0 Å². The summed E-state index contributed by atoms with van der Waals surface area (Å²) in [5.74, 6) is 3.80. The number of guanidine groups is 1. The van der Waals surface area contributed by atoms with Crippen molar-refractivity contribution in [2.45, 2.75) is 26.3 Å². The van der Waals surface area contributed by atoms with Crippen LogP contribution in [0.4, 0.5) is 0 Å². The third-order valence-corrected chi connectivity index (χ3v) is 6.02. The average molecular weight is 347 g/mol. The number of piperidine rings is 1. The lowest BCUT2D eigenvalue weighted by atomic mass is 9.96. The molecule has 0 amide bonds. The summed E-state index contributed by atoms with van der Waals surface area (Å²) < 4.78 is 0. The number of benzene rings is 1. The molecule has 2 aliphatic heterocycles. The van der Waals surface area contributed by atoms with Crippen LogP contribution >= 0.6 is 11.8 Å². The summed E-state index contributed by atoms with van der Waals surface area (Å²) in [6, 6.07) is 8.92. The highest BCUT2D eigenvalue weighted by molar-refractivity contribution is 7.99. The van der Waals surface area contributed by atoms with Gasteiger partial charge >= 0.3 is 0 Å². The number of hydrogen-bond acceptors (Lipinski definition) is 3. The van der Waals surface area contributed by atoms with E-state index in [1.165, 1.54) is 48.6 Å². The number of thioether (sulfide) groups is 1. The van der Waals surface area contributed by atoms with Crippen LogP contribution in [-0.2, 0) is 6.54 Å². The quantitative estimate of drug-likeness (QED) is 0.672. The fraction of sp³-hybridized carbons (Fsp3) is 0.632. The molecule has 2 fully saturated rings. The molecule has 132 valence electrons. The molecule has 5 heteroatoms. The van der Waals surface area contributed by atoms with Crippen molar-refractivity contribution in [3.63, 3.8) is 0 Å². The molecule has 0 unspecified atom stereocenters. The summed E-state index contributed by atoms with van der Waals surface area (Å²) in [7, 11) is 0. The van der Waals surface area contributed by atoms with E-state index in [-0.39, 0.29) is 0 Å². The van der Waals surface area contributed by atoms with E-state index in [0.29, 0.717) is 5.92 Å². The standard InChI is InChI=1S/C19H30N4S/c1-16-2-4-18(5-3-16)15-22-8-6-17(7-9-22)14-21-19(20)23-10-12-24-13-11-23/h2-5,17H,6-15H2,1H3,(H2,20,21). The predicted molar refractivity (Wildman–Crippen MR) is 105 cm³/mol. The van der Waals surface area contributed by atoms with E-state index in [4.69, 9.17) is 5.73 Å². The SMILES string of the molecule is Cc1ccc(CN2CCC(CN=C(N)N3CCSCC3)CC2)cc1. The summed E-state index contributed by atoms with van der Waals surface area (Å²) in [6.07, 6.45) is 2.47. The molecule has 0 saturated carbocycles. The maximum atomic E-state index is 6.16. The highest BCUT2D eigenvalue weighted by Crippen LogP contribution is 2.20. The average Bonchev–Trinajstić information content (AvgIpc) is 2.63. The fourth-order valence-electron chi connectivity index (χ4n) is 3.39. The second-order valence-electron chi connectivity index (χ2n) is 7.00. The van der Waals surface area contributed by atoms with Gasteiger partial charge in [-0.1, -0.05) is 29.8 Å². The Hall–Kier alpha value is -1.20. The van der Waals surface area contributed by atoms with Crippen LogP contribution in [0, 0.1) is 12.8 Å². The Kier molecular flexibility index (Phi) is 6.44. The minimum absolute atomic E-state index is 0.692. The summed E-state index contributed by atoms with van der Waals surface area (Å²) >= 11 is 2.01. The minimum atomic E-state index is 0.692. The molecule has 4 nitrogen and oxygen atoms in total. The van der Waals surface area contributed by atoms with Crippen LogP contribution in [0.15, 0.2) is 29.3 Å². The molecule has 0 radical (unpaired) electrons. The lowest BCUT2D eigenvalue weighted by Crippen LogP contribution is -2.43. The molecule has 2 aliphatic rings. The molecular formula is C19H30N4S. The van der Waals surface area contributed by atoms with Gasteiger partial charge < -0.3 is 10.6 Å². The molecule has 0 aromatic heterocycles. The molecule has 2 saturated heterocycles. The van der Waals surface area contributed by atoms with Gasteiger partial charge in [-0.15, -0.1) is 0 Å². The molecule has 1 aromatic rings. The van der Waals surface area contributed by atoms with Gasteiger partial charge in [-0.25, -0.2) is 0 Å². The van der Waals surface area contributed by atoms with Gasteiger partial charge in [0.05, 0.1) is 0 Å². The Labute approximate surface area is 150 Å². The Bertz CT molecular complexity index is 529. The first-order valence-corrected chi connectivity index (χ1v) is 10.3. The van der Waals surface area contributed by atoms with E-state index in [1.807, 2.05) is 11.8 Å². The van der Waals surface area contributed by atoms with Crippen molar-refractivity contribution in [1.82, 2.24) is 9.80 Å². The third-order valence-electron chi connectivity index (χ3n) is 5.08. The number of aliphatic imine (C=N–C) groups is 1. The van der Waals surface area contributed by atoms with Gasteiger partial charge in [-0.2, -0.15) is 11.8 Å². The van der Waals surface area contributed by atoms with Crippen LogP contribution in [0.1, 0.15) is 24.0 Å². The van der Waals surface area contributed by atoms with E-state index in [2.05, 4.69) is 46.0 Å². The second kappa shape index (κ2) is 8.77. The van der Waals surface area contributed by atoms with E-state index in [0.717, 1.165) is 32.1 Å². The molecular weight excluding hydrogens is 316 g/mol. The smallest absolute Gasteiger partial charge is 0.191 e. The van der Waals surface area contributed by atoms with Crippen molar-refractivity contribution in [3.8, 4) is 0 Å². The first kappa shape index (κ1) is 17.6. The zero-order chi connectivity index (χ0) is 16.8. The summed E-state index contributed by atoms with van der Waals surface area (Å²) in [4.78, 5) is 9.49. The van der Waals surface area contributed by atoms with Crippen molar-refractivity contribution in [2.24, 2.45) is 16.6 Å². The number of likely N-dealkylation sites (tertiary alicyclic amines) is 1. The van der Waals surface area contributed by atoms with Crippen LogP contribution in [0.2, 0.25) is 0 Å². The highest BCUT2D eigenvalue weighted by atomic mass is 32.2. The molecule has 24 heavy (non-hydrogen) atoms. The Morgan fingerprint density at radius 1 is 1.12 bits per heavy atom. The van der Waals surface area contributed by atoms with Crippen molar-refractivity contribution in [3.05, 3.63) is 35.4 Å². The molecule has 0 spiro atoms. The molecule has 1 aromatic carbocycles. The van der Waals surface area contributed by atoms with Gasteiger partial charge in [-0.3, -0.25) is 9.89 Å². The molecule has 3 rings (SSSR count). The fourth-order valence-corrected chi connectivity index (χ4v) is 4.30. The van der Waals surface area contributed by atoms with Gasteiger partial charge in [0, 0.05) is 37.7 Å². The topological polar surface area (TPSA) is 44.9 Å². The predicted octanol–water partition coefficient (Wildman–Crippen LogP) is 2.57. The number of aryl methyl sites for hydroxylation is 1. The van der Waals surface area contributed by atoms with Crippen LogP contribution in [-0.4, -0.2) is 60.0 Å². The van der Waals surface area contributed by atoms with Gasteiger partial charge in [0.2, 0.25) is 0 Å². The van der Waals surface area contributed by atoms with E-state index in [9.17, 15) is 0 Å². The van der Waals surface area contributed by atoms with Crippen LogP contribution in [0.3, 0.4) is 0 Å². The van der Waals surface area contributed by atoms with Gasteiger partial charge in [0.1, 0.15) is 0 Å². The van der Waals surface area contributed by atoms with E-state index in [1.54, 1.807) is 0 Å².